The molecule has 0 aliphatic heterocycles. The average Bonchev–Trinajstić information content (AvgIpc) is 2.92. The molecule has 3 rings (SSSR count). The van der Waals surface area contributed by atoms with Gasteiger partial charge in [-0.15, -0.1) is 0 Å². The summed E-state index contributed by atoms with van der Waals surface area (Å²) in [6, 6.07) is 7.36. The molecule has 2 atom stereocenters. The van der Waals surface area contributed by atoms with Crippen LogP contribution in [0.2, 0.25) is 0 Å². The number of amides is 2. The highest BCUT2D eigenvalue weighted by Gasteiger charge is 2.30. The molecule has 0 heterocycles. The fourth-order valence-corrected chi connectivity index (χ4v) is 3.73. The van der Waals surface area contributed by atoms with Gasteiger partial charge in [0.2, 0.25) is 11.8 Å². The fourth-order valence-electron chi connectivity index (χ4n) is 3.73. The molecule has 1 aliphatic rings. The first-order valence-corrected chi connectivity index (χ1v) is 11.6. The van der Waals surface area contributed by atoms with E-state index in [0.29, 0.717) is 11.4 Å². The normalized spacial score (nSPS) is 13.5. The molecule has 2 amide bonds. The average molecular weight is 525 g/mol. The molecule has 0 aromatic heterocycles. The summed E-state index contributed by atoms with van der Waals surface area (Å²) in [6.07, 6.45) is 0. The number of nitrogens with one attached hydrogen (secondary N) is 4. The zero-order valence-electron chi connectivity index (χ0n) is 21.3. The first-order chi connectivity index (χ1) is 18.0. The van der Waals surface area contributed by atoms with E-state index < -0.39 is 47.4 Å². The molecule has 2 aromatic carbocycles. The van der Waals surface area contributed by atoms with Crippen molar-refractivity contribution < 1.29 is 38.2 Å². The first kappa shape index (κ1) is 28.2. The highest BCUT2D eigenvalue weighted by atomic mass is 16.5. The van der Waals surface area contributed by atoms with Gasteiger partial charge in [-0.25, -0.2) is 0 Å². The molecular weight excluding hydrogens is 496 g/mol. The molecule has 0 spiro atoms. The molecule has 0 saturated carbocycles. The molecule has 0 radical (unpaired) electrons. The van der Waals surface area contributed by atoms with Crippen molar-refractivity contribution in [1.82, 2.24) is 10.6 Å². The molecule has 12 nitrogen and oxygen atoms in total. The minimum Gasteiger partial charge on any atom is -0.468 e. The number of carbonyl (C=O) groups is 6. The van der Waals surface area contributed by atoms with Crippen LogP contribution in [0.4, 0.5) is 11.4 Å². The van der Waals surface area contributed by atoms with Gasteiger partial charge < -0.3 is 20.1 Å². The van der Waals surface area contributed by atoms with Gasteiger partial charge in [-0.1, -0.05) is 0 Å². The van der Waals surface area contributed by atoms with E-state index in [4.69, 9.17) is 0 Å². The number of hydrogen-bond donors (Lipinski definition) is 4. The topological polar surface area (TPSA) is 169 Å². The van der Waals surface area contributed by atoms with Gasteiger partial charge in [-0.2, -0.15) is 0 Å². The van der Waals surface area contributed by atoms with Crippen LogP contribution in [0.5, 0.6) is 0 Å². The number of ketones is 2. The number of rotatable bonds is 10. The van der Waals surface area contributed by atoms with Crippen molar-refractivity contribution in [2.75, 3.05) is 37.9 Å². The van der Waals surface area contributed by atoms with Gasteiger partial charge in [0.05, 0.1) is 27.3 Å². The Bertz CT molecular complexity index is 1210. The van der Waals surface area contributed by atoms with E-state index in [-0.39, 0.29) is 35.3 Å². The van der Waals surface area contributed by atoms with Crippen molar-refractivity contribution in [3.05, 3.63) is 58.7 Å². The summed E-state index contributed by atoms with van der Waals surface area (Å²) in [6.45, 7) is 2.77. The van der Waals surface area contributed by atoms with Crippen LogP contribution in [-0.2, 0) is 28.7 Å². The highest BCUT2D eigenvalue weighted by molar-refractivity contribution is 6.29. The van der Waals surface area contributed by atoms with Crippen LogP contribution in [0.25, 0.3) is 0 Å². The predicted octanol–water partition coefficient (Wildman–Crippen LogP) is 0.641. The molecule has 0 unspecified atom stereocenters. The summed E-state index contributed by atoms with van der Waals surface area (Å²) in [4.78, 5) is 73.7. The van der Waals surface area contributed by atoms with Gasteiger partial charge in [0.25, 0.3) is 0 Å². The van der Waals surface area contributed by atoms with Gasteiger partial charge in [-0.3, -0.25) is 39.4 Å². The second-order valence-corrected chi connectivity index (χ2v) is 8.53. The summed E-state index contributed by atoms with van der Waals surface area (Å²) in [7, 11) is 2.49. The van der Waals surface area contributed by atoms with E-state index >= 15 is 0 Å². The smallest absolute Gasteiger partial charge is 0.322 e. The third kappa shape index (κ3) is 6.47. The maximum Gasteiger partial charge on any atom is 0.322 e. The monoisotopic (exact) mass is 524 g/mol. The lowest BCUT2D eigenvalue weighted by Gasteiger charge is -2.19. The van der Waals surface area contributed by atoms with Crippen molar-refractivity contribution >= 4 is 46.7 Å². The lowest BCUT2D eigenvalue weighted by molar-refractivity contribution is -0.143. The Balaban J connectivity index is 1.69. The lowest BCUT2D eigenvalue weighted by Crippen LogP contribution is -2.39. The number of esters is 2. The molecule has 0 saturated heterocycles. The quantitative estimate of drug-likeness (QED) is 0.276. The Morgan fingerprint density at radius 1 is 0.658 bits per heavy atom. The van der Waals surface area contributed by atoms with E-state index in [0.717, 1.165) is 0 Å². The molecule has 0 bridgehead atoms. The number of benzene rings is 2. The maximum atomic E-state index is 13.1. The SMILES string of the molecule is COC(=O)[C@@H](C)NCC(=O)Nc1ccc2c(c1)C(=O)c1ccc(NC(=O)CN[C@H](C)C(=O)OC)cc1C2=O. The van der Waals surface area contributed by atoms with Crippen LogP contribution >= 0.6 is 0 Å². The Morgan fingerprint density at radius 3 is 1.37 bits per heavy atom. The van der Waals surface area contributed by atoms with Crippen molar-refractivity contribution in [3.63, 3.8) is 0 Å². The number of carbonyl (C=O) groups excluding carboxylic acids is 6. The standard InChI is InChI=1S/C26H28N4O8/c1-13(25(35)37-3)27-11-21(31)29-15-5-7-17-19(9-15)23(33)18-8-6-16(10-20(18)24(17)34)30-22(32)12-28-14(2)26(36)38-4/h5-10,13-14,27-28H,11-12H2,1-4H3,(H,29,31)(H,30,32)/t13-,14-/m1/s1. The second-order valence-electron chi connectivity index (χ2n) is 8.53. The van der Waals surface area contributed by atoms with Gasteiger partial charge >= 0.3 is 11.9 Å². The molecule has 200 valence electrons. The summed E-state index contributed by atoms with van der Waals surface area (Å²) in [5.41, 5.74) is 1.21. The van der Waals surface area contributed by atoms with Crippen LogP contribution in [0.3, 0.4) is 0 Å². The van der Waals surface area contributed by atoms with E-state index in [2.05, 4.69) is 30.7 Å². The highest BCUT2D eigenvalue weighted by Crippen LogP contribution is 2.31. The molecular formula is C26H28N4O8. The Labute approximate surface area is 218 Å². The Kier molecular flexibility index (Phi) is 9.05. The van der Waals surface area contributed by atoms with Gasteiger partial charge in [0.15, 0.2) is 11.6 Å². The van der Waals surface area contributed by atoms with E-state index in [9.17, 15) is 28.8 Å². The molecule has 4 N–H and O–H groups in total. The molecule has 1 aliphatic carbocycles. The van der Waals surface area contributed by atoms with E-state index in [1.54, 1.807) is 13.8 Å². The molecule has 2 aromatic rings. The molecule has 38 heavy (non-hydrogen) atoms. The summed E-state index contributed by atoms with van der Waals surface area (Å²) < 4.78 is 9.18. The second kappa shape index (κ2) is 12.2. The van der Waals surface area contributed by atoms with Crippen LogP contribution in [0.15, 0.2) is 36.4 Å². The van der Waals surface area contributed by atoms with Crippen molar-refractivity contribution in [1.29, 1.82) is 0 Å². The largest absolute Gasteiger partial charge is 0.468 e. The third-order valence-electron chi connectivity index (χ3n) is 5.83. The minimum atomic E-state index is -0.681. The maximum absolute atomic E-state index is 13.1. The fraction of sp³-hybridized carbons (Fsp3) is 0.308. The van der Waals surface area contributed by atoms with Gasteiger partial charge in [0.1, 0.15) is 12.1 Å². The molecule has 0 fully saturated rings. The summed E-state index contributed by atoms with van der Waals surface area (Å²) >= 11 is 0. The Hall–Kier alpha value is -4.42. The van der Waals surface area contributed by atoms with Gasteiger partial charge in [0, 0.05) is 33.6 Å². The minimum absolute atomic E-state index is 0.133. The van der Waals surface area contributed by atoms with Crippen molar-refractivity contribution in [2.45, 2.75) is 25.9 Å². The number of methoxy groups -OCH3 is 2. The summed E-state index contributed by atoms with van der Waals surface area (Å²) in [5, 5.41) is 10.7. The van der Waals surface area contributed by atoms with Crippen molar-refractivity contribution in [2.24, 2.45) is 0 Å². The lowest BCUT2D eigenvalue weighted by atomic mass is 9.83. The predicted molar refractivity (Wildman–Crippen MR) is 136 cm³/mol. The van der Waals surface area contributed by atoms with Gasteiger partial charge in [-0.05, 0) is 50.2 Å². The van der Waals surface area contributed by atoms with Crippen LogP contribution in [0, 0.1) is 0 Å². The van der Waals surface area contributed by atoms with Crippen LogP contribution in [0.1, 0.15) is 45.7 Å². The third-order valence-corrected chi connectivity index (χ3v) is 5.83. The Morgan fingerprint density at radius 2 is 1.03 bits per heavy atom. The zero-order chi connectivity index (χ0) is 28.0. The molecule has 12 heteroatoms. The van der Waals surface area contributed by atoms with E-state index in [1.165, 1.54) is 50.6 Å². The van der Waals surface area contributed by atoms with Crippen LogP contribution in [-0.4, -0.2) is 74.7 Å². The number of fused-ring (bicyclic) bond motifs is 2. The van der Waals surface area contributed by atoms with Crippen molar-refractivity contribution in [3.8, 4) is 0 Å². The number of anilines is 2. The zero-order valence-corrected chi connectivity index (χ0v) is 21.3. The number of ether oxygens (including phenoxy) is 2. The number of hydrogen-bond acceptors (Lipinski definition) is 10. The van der Waals surface area contributed by atoms with Crippen LogP contribution < -0.4 is 21.3 Å². The first-order valence-electron chi connectivity index (χ1n) is 11.6. The van der Waals surface area contributed by atoms with E-state index in [1.807, 2.05) is 0 Å². The summed E-state index contributed by atoms with van der Waals surface area (Å²) in [5.74, 6) is -2.74.